The Morgan fingerprint density at radius 2 is 2.12 bits per heavy atom. The molecule has 2 unspecified atom stereocenters. The fourth-order valence-corrected chi connectivity index (χ4v) is 2.65. The highest BCUT2D eigenvalue weighted by Gasteiger charge is 2.30. The van der Waals surface area contributed by atoms with Crippen LogP contribution in [0, 0.1) is 5.92 Å². The second-order valence-electron chi connectivity index (χ2n) is 4.96. The van der Waals surface area contributed by atoms with Gasteiger partial charge in [0.2, 0.25) is 0 Å². The van der Waals surface area contributed by atoms with Crippen molar-refractivity contribution in [2.75, 3.05) is 6.54 Å². The van der Waals surface area contributed by atoms with E-state index in [0.29, 0.717) is 18.4 Å². The minimum absolute atomic E-state index is 0.301. The van der Waals surface area contributed by atoms with Gasteiger partial charge in [-0.25, -0.2) is 0 Å². The normalized spacial score (nSPS) is 25.0. The lowest BCUT2D eigenvalue weighted by atomic mass is 10.0. The number of carboxylic acids is 1. The van der Waals surface area contributed by atoms with E-state index in [1.807, 2.05) is 18.2 Å². The third kappa shape index (κ3) is 3.30. The van der Waals surface area contributed by atoms with Crippen LogP contribution in [0.5, 0.6) is 0 Å². The summed E-state index contributed by atoms with van der Waals surface area (Å²) in [6, 6.07) is 10.8. The highest BCUT2D eigenvalue weighted by atomic mass is 16.4. The van der Waals surface area contributed by atoms with Gasteiger partial charge in [-0.05, 0) is 24.8 Å². The second kappa shape index (κ2) is 5.32. The molecule has 0 amide bonds. The summed E-state index contributed by atoms with van der Waals surface area (Å²) >= 11 is 0. The zero-order valence-corrected chi connectivity index (χ0v) is 10.2. The monoisotopic (exact) mass is 233 g/mol. The summed E-state index contributed by atoms with van der Waals surface area (Å²) in [5.74, 6) is -0.366. The third-order valence-electron chi connectivity index (χ3n) is 3.48. The van der Waals surface area contributed by atoms with E-state index < -0.39 is 5.97 Å². The number of nitrogens with zero attached hydrogens (tertiary/aromatic N) is 1. The van der Waals surface area contributed by atoms with Crippen molar-refractivity contribution in [3.05, 3.63) is 35.9 Å². The van der Waals surface area contributed by atoms with E-state index in [4.69, 9.17) is 5.11 Å². The van der Waals surface area contributed by atoms with E-state index in [-0.39, 0.29) is 0 Å². The van der Waals surface area contributed by atoms with E-state index in [0.717, 1.165) is 19.5 Å². The molecule has 1 aromatic carbocycles. The molecule has 3 nitrogen and oxygen atoms in total. The Labute approximate surface area is 102 Å². The van der Waals surface area contributed by atoms with Crippen LogP contribution in [0.15, 0.2) is 30.3 Å². The molecule has 2 rings (SSSR count). The fourth-order valence-electron chi connectivity index (χ4n) is 2.65. The number of carboxylic acid groups (broad SMARTS) is 1. The van der Waals surface area contributed by atoms with Crippen molar-refractivity contribution in [1.29, 1.82) is 0 Å². The molecule has 0 bridgehead atoms. The summed E-state index contributed by atoms with van der Waals surface area (Å²) in [5, 5.41) is 8.82. The van der Waals surface area contributed by atoms with Gasteiger partial charge in [0.1, 0.15) is 0 Å². The first-order chi connectivity index (χ1) is 8.15. The lowest BCUT2D eigenvalue weighted by molar-refractivity contribution is -0.138. The zero-order valence-electron chi connectivity index (χ0n) is 10.2. The Morgan fingerprint density at radius 3 is 2.76 bits per heavy atom. The zero-order chi connectivity index (χ0) is 12.3. The number of aliphatic carboxylic acids is 1. The summed E-state index contributed by atoms with van der Waals surface area (Å²) in [6.45, 7) is 4.02. The van der Waals surface area contributed by atoms with Gasteiger partial charge in [-0.2, -0.15) is 0 Å². The van der Waals surface area contributed by atoms with Crippen LogP contribution in [0.4, 0.5) is 0 Å². The molecule has 1 aliphatic rings. The molecular weight excluding hydrogens is 214 g/mol. The predicted molar refractivity (Wildman–Crippen MR) is 66.7 cm³/mol. The topological polar surface area (TPSA) is 40.5 Å². The molecule has 3 heteroatoms. The van der Waals surface area contributed by atoms with E-state index in [9.17, 15) is 4.79 Å². The van der Waals surface area contributed by atoms with Crippen molar-refractivity contribution in [2.45, 2.75) is 32.4 Å². The van der Waals surface area contributed by atoms with Gasteiger partial charge in [0, 0.05) is 25.6 Å². The Morgan fingerprint density at radius 1 is 1.41 bits per heavy atom. The third-order valence-corrected chi connectivity index (χ3v) is 3.48. The van der Waals surface area contributed by atoms with E-state index in [2.05, 4.69) is 24.0 Å². The molecular formula is C14H19NO2. The van der Waals surface area contributed by atoms with Crippen molar-refractivity contribution in [2.24, 2.45) is 5.92 Å². The van der Waals surface area contributed by atoms with Gasteiger partial charge in [-0.1, -0.05) is 30.3 Å². The molecule has 1 heterocycles. The molecule has 1 saturated heterocycles. The molecule has 0 aromatic heterocycles. The van der Waals surface area contributed by atoms with Crippen LogP contribution in [0.2, 0.25) is 0 Å². The smallest absolute Gasteiger partial charge is 0.303 e. The van der Waals surface area contributed by atoms with Crippen molar-refractivity contribution < 1.29 is 9.90 Å². The molecule has 17 heavy (non-hydrogen) atoms. The molecule has 1 aliphatic heterocycles. The molecule has 1 aromatic rings. The Balaban J connectivity index is 1.92. The maximum atomic E-state index is 10.7. The summed E-state index contributed by atoms with van der Waals surface area (Å²) in [5.41, 5.74) is 1.30. The van der Waals surface area contributed by atoms with Crippen LogP contribution in [-0.2, 0) is 11.3 Å². The van der Waals surface area contributed by atoms with Crippen LogP contribution < -0.4 is 0 Å². The first-order valence-electron chi connectivity index (χ1n) is 6.15. The van der Waals surface area contributed by atoms with Gasteiger partial charge >= 0.3 is 5.97 Å². The van der Waals surface area contributed by atoms with E-state index >= 15 is 0 Å². The van der Waals surface area contributed by atoms with Crippen molar-refractivity contribution in [3.8, 4) is 0 Å². The minimum Gasteiger partial charge on any atom is -0.481 e. The standard InChI is InChI=1S/C14H19NO2/c1-11-7-13(8-14(16)17)10-15(11)9-12-5-3-2-4-6-12/h2-6,11,13H,7-10H2,1H3,(H,16,17). The lowest BCUT2D eigenvalue weighted by Crippen LogP contribution is -2.26. The highest BCUT2D eigenvalue weighted by molar-refractivity contribution is 5.67. The highest BCUT2D eigenvalue weighted by Crippen LogP contribution is 2.26. The van der Waals surface area contributed by atoms with Gasteiger partial charge in [-0.15, -0.1) is 0 Å². The summed E-state index contributed by atoms with van der Waals surface area (Å²) < 4.78 is 0. The van der Waals surface area contributed by atoms with Gasteiger partial charge in [0.05, 0.1) is 0 Å². The average Bonchev–Trinajstić information content (AvgIpc) is 2.59. The lowest BCUT2D eigenvalue weighted by Gasteiger charge is -2.20. The number of carbonyl (C=O) groups is 1. The van der Waals surface area contributed by atoms with Crippen LogP contribution >= 0.6 is 0 Å². The van der Waals surface area contributed by atoms with Gasteiger partial charge in [-0.3, -0.25) is 9.69 Å². The first-order valence-corrected chi connectivity index (χ1v) is 6.15. The number of hydrogen-bond donors (Lipinski definition) is 1. The quantitative estimate of drug-likeness (QED) is 0.868. The van der Waals surface area contributed by atoms with Crippen LogP contribution in [0.1, 0.15) is 25.3 Å². The second-order valence-corrected chi connectivity index (χ2v) is 4.96. The van der Waals surface area contributed by atoms with Gasteiger partial charge < -0.3 is 5.11 Å². The van der Waals surface area contributed by atoms with Crippen molar-refractivity contribution in [3.63, 3.8) is 0 Å². The van der Waals surface area contributed by atoms with Crippen molar-refractivity contribution >= 4 is 5.97 Å². The number of benzene rings is 1. The summed E-state index contributed by atoms with van der Waals surface area (Å²) in [7, 11) is 0. The summed E-state index contributed by atoms with van der Waals surface area (Å²) in [6.07, 6.45) is 1.30. The molecule has 1 fully saturated rings. The molecule has 0 aliphatic carbocycles. The maximum Gasteiger partial charge on any atom is 0.303 e. The SMILES string of the molecule is CC1CC(CC(=O)O)CN1Cc1ccccc1. The Bertz CT molecular complexity index is 377. The number of rotatable bonds is 4. The number of likely N-dealkylation sites (tertiary alicyclic amines) is 1. The van der Waals surface area contributed by atoms with Gasteiger partial charge in [0.15, 0.2) is 0 Å². The Kier molecular flexibility index (Phi) is 3.79. The summed E-state index contributed by atoms with van der Waals surface area (Å²) in [4.78, 5) is 13.1. The van der Waals surface area contributed by atoms with E-state index in [1.165, 1.54) is 5.56 Å². The predicted octanol–water partition coefficient (Wildman–Crippen LogP) is 2.37. The maximum absolute atomic E-state index is 10.7. The first kappa shape index (κ1) is 12.1. The van der Waals surface area contributed by atoms with Crippen LogP contribution in [0.3, 0.4) is 0 Å². The molecule has 2 atom stereocenters. The van der Waals surface area contributed by atoms with E-state index in [1.54, 1.807) is 0 Å². The van der Waals surface area contributed by atoms with Gasteiger partial charge in [0.25, 0.3) is 0 Å². The molecule has 0 saturated carbocycles. The Hall–Kier alpha value is -1.35. The largest absolute Gasteiger partial charge is 0.481 e. The number of hydrogen-bond acceptors (Lipinski definition) is 2. The molecule has 92 valence electrons. The van der Waals surface area contributed by atoms with Crippen LogP contribution in [-0.4, -0.2) is 28.6 Å². The molecule has 1 N–H and O–H groups in total. The van der Waals surface area contributed by atoms with Crippen molar-refractivity contribution in [1.82, 2.24) is 4.90 Å². The molecule has 0 radical (unpaired) electrons. The minimum atomic E-state index is -0.677. The van der Waals surface area contributed by atoms with Crippen LogP contribution in [0.25, 0.3) is 0 Å². The fraction of sp³-hybridized carbons (Fsp3) is 0.500. The molecule has 0 spiro atoms. The average molecular weight is 233 g/mol.